The van der Waals surface area contributed by atoms with Crippen molar-refractivity contribution in [2.45, 2.75) is 24.4 Å². The maximum absolute atomic E-state index is 9.15. The molecule has 0 spiro atoms. The van der Waals surface area contributed by atoms with E-state index in [0.717, 1.165) is 0 Å². The third-order valence-electron chi connectivity index (χ3n) is 1.65. The highest BCUT2D eigenvalue weighted by Gasteiger charge is 2.36. The number of aliphatic hydroxyl groups excluding tert-OH is 4. The largest absolute Gasteiger partial charge is 0.394 e. The molecule has 1 heterocycles. The van der Waals surface area contributed by atoms with Gasteiger partial charge in [-0.15, -0.1) is 0 Å². The van der Waals surface area contributed by atoms with Gasteiger partial charge in [0.2, 0.25) is 0 Å². The molecular formula is C6H12O5. The zero-order valence-electron chi connectivity index (χ0n) is 6.79. The summed E-state index contributed by atoms with van der Waals surface area (Å²) in [7, 11) is 0. The maximum atomic E-state index is 9.15. The molecule has 0 saturated carbocycles. The van der Waals surface area contributed by atoms with Crippen LogP contribution in [0.2, 0.25) is 0 Å². The van der Waals surface area contributed by atoms with Crippen LogP contribution in [0.1, 0.15) is 1.37 Å². The standard InChI is InChI=1S/C6H12O5/c7-1-4-6(10)5(9)3(8)2-11-4/h3-10H,1-2H2/t3-,4-,5-,6-/m1/s1/i2D/t2?,3-,4-,5-,6-. The highest BCUT2D eigenvalue weighted by Crippen LogP contribution is 2.14. The van der Waals surface area contributed by atoms with Crippen molar-refractivity contribution in [3.05, 3.63) is 0 Å². The van der Waals surface area contributed by atoms with Crippen molar-refractivity contribution in [2.24, 2.45) is 0 Å². The van der Waals surface area contributed by atoms with Crippen LogP contribution in [0.3, 0.4) is 0 Å². The van der Waals surface area contributed by atoms with Gasteiger partial charge in [-0.05, 0) is 0 Å². The van der Waals surface area contributed by atoms with Crippen LogP contribution >= 0.6 is 0 Å². The average molecular weight is 165 g/mol. The first kappa shape index (κ1) is 7.45. The van der Waals surface area contributed by atoms with E-state index in [1.165, 1.54) is 0 Å². The highest BCUT2D eigenvalue weighted by molar-refractivity contribution is 4.85. The fourth-order valence-corrected chi connectivity index (χ4v) is 0.915. The minimum absolute atomic E-state index is 0.486. The van der Waals surface area contributed by atoms with Gasteiger partial charge in [0.1, 0.15) is 24.4 Å². The molecule has 1 aliphatic rings. The number of ether oxygens (including phenoxy) is 1. The third-order valence-corrected chi connectivity index (χ3v) is 1.65. The summed E-state index contributed by atoms with van der Waals surface area (Å²) in [6, 6.07) is 0. The Morgan fingerprint density at radius 1 is 1.36 bits per heavy atom. The molecule has 11 heavy (non-hydrogen) atoms. The lowest BCUT2D eigenvalue weighted by Gasteiger charge is -2.34. The summed E-state index contributed by atoms with van der Waals surface area (Å²) in [6.07, 6.45) is -5.20. The minimum Gasteiger partial charge on any atom is -0.394 e. The van der Waals surface area contributed by atoms with E-state index in [2.05, 4.69) is 4.74 Å². The second-order valence-corrected chi connectivity index (χ2v) is 2.46. The second kappa shape index (κ2) is 3.46. The van der Waals surface area contributed by atoms with Gasteiger partial charge >= 0.3 is 0 Å². The van der Waals surface area contributed by atoms with Crippen LogP contribution in [-0.2, 0) is 4.74 Å². The predicted octanol–water partition coefficient (Wildman–Crippen LogP) is -2.54. The zero-order chi connectivity index (χ0) is 9.30. The molecule has 5 nitrogen and oxygen atoms in total. The Bertz CT molecular complexity index is 150. The fourth-order valence-electron chi connectivity index (χ4n) is 0.915. The second-order valence-electron chi connectivity index (χ2n) is 2.46. The van der Waals surface area contributed by atoms with E-state index in [4.69, 9.17) is 21.8 Å². The van der Waals surface area contributed by atoms with Gasteiger partial charge in [0.05, 0.1) is 14.6 Å². The molecule has 0 bridgehead atoms. The summed E-state index contributed by atoms with van der Waals surface area (Å²) in [5.41, 5.74) is 0. The monoisotopic (exact) mass is 165 g/mol. The lowest BCUT2D eigenvalue weighted by atomic mass is 10.0. The molecule has 0 amide bonds. The first-order valence-corrected chi connectivity index (χ1v) is 3.30. The normalized spacial score (nSPS) is 53.8. The Labute approximate surface area is 65.3 Å². The SMILES string of the molecule is [2H]C1O[C@H](CO)[C@@H](O)[C@H](O)[C@@H]1O. The summed E-state index contributed by atoms with van der Waals surface area (Å²) in [5.74, 6) is 0. The molecule has 4 N–H and O–H groups in total. The van der Waals surface area contributed by atoms with Gasteiger partial charge in [0, 0.05) is 0 Å². The molecule has 66 valence electrons. The lowest BCUT2D eigenvalue weighted by Crippen LogP contribution is -2.53. The molecule has 0 aliphatic carbocycles. The summed E-state index contributed by atoms with van der Waals surface area (Å²) < 4.78 is 11.8. The molecule has 0 aromatic heterocycles. The van der Waals surface area contributed by atoms with Crippen molar-refractivity contribution < 1.29 is 26.5 Å². The van der Waals surface area contributed by atoms with Crippen LogP contribution in [0.25, 0.3) is 0 Å². The third kappa shape index (κ3) is 1.69. The topological polar surface area (TPSA) is 90.2 Å². The van der Waals surface area contributed by atoms with Crippen LogP contribution in [0, 0.1) is 0 Å². The molecule has 0 aromatic rings. The molecule has 1 rings (SSSR count). The van der Waals surface area contributed by atoms with Gasteiger partial charge in [-0.3, -0.25) is 0 Å². The summed E-state index contributed by atoms with van der Waals surface area (Å²) >= 11 is 0. The van der Waals surface area contributed by atoms with Crippen molar-refractivity contribution in [1.29, 1.82) is 0 Å². The Morgan fingerprint density at radius 3 is 2.55 bits per heavy atom. The summed E-state index contributed by atoms with van der Waals surface area (Å²) in [6.45, 7) is -1.80. The Balaban J connectivity index is 2.63. The van der Waals surface area contributed by atoms with Gasteiger partial charge in [0.15, 0.2) is 0 Å². The van der Waals surface area contributed by atoms with E-state index in [-0.39, 0.29) is 0 Å². The number of hydrogen-bond donors (Lipinski definition) is 4. The molecule has 0 aromatic carbocycles. The Kier molecular flexibility index (Phi) is 2.35. The molecule has 1 unspecified atom stereocenters. The van der Waals surface area contributed by atoms with E-state index < -0.39 is 37.6 Å². The predicted molar refractivity (Wildman–Crippen MR) is 34.8 cm³/mol. The smallest absolute Gasteiger partial charge is 0.111 e. The number of aliphatic hydroxyl groups is 4. The number of hydrogen-bond acceptors (Lipinski definition) is 5. The Hall–Kier alpha value is -0.200. The molecule has 1 saturated heterocycles. The van der Waals surface area contributed by atoms with Gasteiger partial charge in [0.25, 0.3) is 0 Å². The maximum Gasteiger partial charge on any atom is 0.111 e. The lowest BCUT2D eigenvalue weighted by molar-refractivity contribution is -0.195. The van der Waals surface area contributed by atoms with Crippen molar-refractivity contribution in [1.82, 2.24) is 0 Å². The quantitative estimate of drug-likeness (QED) is 0.344. The van der Waals surface area contributed by atoms with Crippen LogP contribution in [0.4, 0.5) is 0 Å². The van der Waals surface area contributed by atoms with Crippen molar-refractivity contribution >= 4 is 0 Å². The van der Waals surface area contributed by atoms with Gasteiger partial charge in [-0.1, -0.05) is 0 Å². The molecule has 1 fully saturated rings. The first-order valence-electron chi connectivity index (χ1n) is 3.88. The van der Waals surface area contributed by atoms with E-state index in [1.54, 1.807) is 0 Å². The molecule has 1 aliphatic heterocycles. The molecule has 0 radical (unpaired) electrons. The fraction of sp³-hybridized carbons (Fsp3) is 1.00. The van der Waals surface area contributed by atoms with Crippen LogP contribution in [0.15, 0.2) is 0 Å². The zero-order valence-corrected chi connectivity index (χ0v) is 5.79. The van der Waals surface area contributed by atoms with E-state index in [9.17, 15) is 0 Å². The first-order chi connectivity index (χ1) is 5.57. The van der Waals surface area contributed by atoms with Crippen molar-refractivity contribution in [3.63, 3.8) is 0 Å². The van der Waals surface area contributed by atoms with Gasteiger partial charge in [-0.25, -0.2) is 0 Å². The van der Waals surface area contributed by atoms with E-state index in [0.29, 0.717) is 0 Å². The molecular weight excluding hydrogens is 152 g/mol. The summed E-state index contributed by atoms with van der Waals surface area (Å²) in [5, 5.41) is 35.9. The summed E-state index contributed by atoms with van der Waals surface area (Å²) in [4.78, 5) is 0. The van der Waals surface area contributed by atoms with Crippen LogP contribution < -0.4 is 0 Å². The van der Waals surface area contributed by atoms with E-state index >= 15 is 0 Å². The van der Waals surface area contributed by atoms with Crippen LogP contribution in [-0.4, -0.2) is 58.0 Å². The molecule has 5 heteroatoms. The van der Waals surface area contributed by atoms with Crippen LogP contribution in [0.5, 0.6) is 0 Å². The highest BCUT2D eigenvalue weighted by atomic mass is 16.5. The number of rotatable bonds is 1. The van der Waals surface area contributed by atoms with Crippen molar-refractivity contribution in [3.8, 4) is 0 Å². The Morgan fingerprint density at radius 2 is 2.00 bits per heavy atom. The minimum atomic E-state index is -1.43. The van der Waals surface area contributed by atoms with Crippen molar-refractivity contribution in [2.75, 3.05) is 13.2 Å². The molecule has 5 atom stereocenters. The van der Waals surface area contributed by atoms with Gasteiger partial charge in [-0.2, -0.15) is 0 Å². The average Bonchev–Trinajstić information content (AvgIpc) is 2.08. The van der Waals surface area contributed by atoms with E-state index in [1.807, 2.05) is 0 Å². The van der Waals surface area contributed by atoms with Gasteiger partial charge < -0.3 is 25.2 Å².